The second-order valence-electron chi connectivity index (χ2n) is 3.91. The first-order chi connectivity index (χ1) is 7.90. The fourth-order valence-corrected chi connectivity index (χ4v) is 2.25. The van der Waals surface area contributed by atoms with E-state index in [1.54, 1.807) is 7.11 Å². The van der Waals surface area contributed by atoms with Gasteiger partial charge in [-0.3, -0.25) is 4.84 Å². The molecule has 16 heavy (non-hydrogen) atoms. The molecule has 2 aromatic carbocycles. The van der Waals surface area contributed by atoms with Crippen LogP contribution in [0.5, 0.6) is 0 Å². The highest BCUT2D eigenvalue weighted by Gasteiger charge is 2.21. The molecule has 0 saturated heterocycles. The highest BCUT2D eigenvalue weighted by molar-refractivity contribution is 5.71. The number of rotatable bonds is 1. The molecule has 0 spiro atoms. The van der Waals surface area contributed by atoms with E-state index in [-0.39, 0.29) is 0 Å². The van der Waals surface area contributed by atoms with Crippen molar-refractivity contribution >= 4 is 11.4 Å². The highest BCUT2D eigenvalue weighted by Crippen LogP contribution is 2.37. The van der Waals surface area contributed by atoms with Gasteiger partial charge in [0.15, 0.2) is 0 Å². The van der Waals surface area contributed by atoms with Gasteiger partial charge in [0.25, 0.3) is 0 Å². The summed E-state index contributed by atoms with van der Waals surface area (Å²) in [5.41, 5.74) is 4.90. The smallest absolute Gasteiger partial charge is 0.0730 e. The van der Waals surface area contributed by atoms with Crippen molar-refractivity contribution in [3.63, 3.8) is 0 Å². The fourth-order valence-electron chi connectivity index (χ4n) is 2.25. The van der Waals surface area contributed by atoms with Crippen molar-refractivity contribution in [2.75, 3.05) is 12.2 Å². The van der Waals surface area contributed by atoms with Gasteiger partial charge in [0.2, 0.25) is 0 Å². The van der Waals surface area contributed by atoms with Crippen LogP contribution in [0.4, 0.5) is 11.4 Å². The maximum absolute atomic E-state index is 5.48. The molecule has 1 heterocycles. The zero-order valence-electron chi connectivity index (χ0n) is 9.18. The van der Waals surface area contributed by atoms with Crippen molar-refractivity contribution in [2.45, 2.75) is 6.42 Å². The lowest BCUT2D eigenvalue weighted by Crippen LogP contribution is -2.21. The van der Waals surface area contributed by atoms with E-state index in [9.17, 15) is 0 Å². The van der Waals surface area contributed by atoms with Crippen molar-refractivity contribution in [3.8, 4) is 0 Å². The van der Waals surface area contributed by atoms with E-state index < -0.39 is 0 Å². The first-order valence-corrected chi connectivity index (χ1v) is 5.40. The van der Waals surface area contributed by atoms with E-state index in [2.05, 4.69) is 36.4 Å². The number of fused-ring (bicyclic) bond motifs is 2. The largest absolute Gasteiger partial charge is 0.272 e. The van der Waals surface area contributed by atoms with E-state index >= 15 is 0 Å². The Kier molecular flexibility index (Phi) is 2.15. The van der Waals surface area contributed by atoms with Crippen LogP contribution in [0.2, 0.25) is 0 Å². The Morgan fingerprint density at radius 3 is 1.88 bits per heavy atom. The minimum atomic E-state index is 0.978. The van der Waals surface area contributed by atoms with Gasteiger partial charge in [0.05, 0.1) is 18.5 Å². The molecule has 0 fully saturated rings. The van der Waals surface area contributed by atoms with Crippen LogP contribution in [0.15, 0.2) is 48.5 Å². The molecular weight excluding hydrogens is 198 g/mol. The molecule has 1 aliphatic rings. The molecule has 0 N–H and O–H groups in total. The summed E-state index contributed by atoms with van der Waals surface area (Å²) in [6.07, 6.45) is 0.978. The Bertz CT molecular complexity index is 476. The Labute approximate surface area is 95.0 Å². The monoisotopic (exact) mass is 211 g/mol. The normalized spacial score (nSPS) is 13.2. The summed E-state index contributed by atoms with van der Waals surface area (Å²) >= 11 is 0. The van der Waals surface area contributed by atoms with E-state index in [4.69, 9.17) is 4.84 Å². The molecule has 2 aromatic rings. The molecule has 1 aliphatic heterocycles. The number of hydrogen-bond donors (Lipinski definition) is 0. The quantitative estimate of drug-likeness (QED) is 0.717. The molecular formula is C14H13NO. The minimum Gasteiger partial charge on any atom is -0.272 e. The van der Waals surface area contributed by atoms with Crippen LogP contribution < -0.4 is 5.06 Å². The van der Waals surface area contributed by atoms with Gasteiger partial charge in [0.1, 0.15) is 0 Å². The van der Waals surface area contributed by atoms with Crippen LogP contribution in [0.1, 0.15) is 11.1 Å². The van der Waals surface area contributed by atoms with Crippen LogP contribution in [-0.4, -0.2) is 7.11 Å². The molecule has 3 rings (SSSR count). The second-order valence-corrected chi connectivity index (χ2v) is 3.91. The maximum atomic E-state index is 5.48. The van der Waals surface area contributed by atoms with Crippen LogP contribution in [0.25, 0.3) is 0 Å². The highest BCUT2D eigenvalue weighted by atomic mass is 16.7. The van der Waals surface area contributed by atoms with Crippen LogP contribution >= 0.6 is 0 Å². The number of anilines is 2. The summed E-state index contributed by atoms with van der Waals surface area (Å²) in [7, 11) is 1.71. The third-order valence-corrected chi connectivity index (χ3v) is 2.98. The van der Waals surface area contributed by atoms with Gasteiger partial charge in [-0.1, -0.05) is 36.4 Å². The molecule has 0 unspecified atom stereocenters. The predicted molar refractivity (Wildman–Crippen MR) is 64.8 cm³/mol. The zero-order valence-corrected chi connectivity index (χ0v) is 9.18. The SMILES string of the molecule is CON1c2ccccc2Cc2ccccc21. The number of nitrogens with zero attached hydrogens (tertiary/aromatic N) is 1. The Morgan fingerprint density at radius 2 is 1.38 bits per heavy atom. The van der Waals surface area contributed by atoms with Crippen LogP contribution in [-0.2, 0) is 11.3 Å². The zero-order chi connectivity index (χ0) is 11.0. The Morgan fingerprint density at radius 1 is 0.875 bits per heavy atom. The molecule has 2 nitrogen and oxygen atoms in total. The molecule has 0 aromatic heterocycles. The summed E-state index contributed by atoms with van der Waals surface area (Å²) in [5, 5.41) is 1.90. The molecule has 0 amide bonds. The Balaban J connectivity index is 2.19. The summed E-state index contributed by atoms with van der Waals surface area (Å²) < 4.78 is 0. The van der Waals surface area contributed by atoms with Gasteiger partial charge >= 0.3 is 0 Å². The van der Waals surface area contributed by atoms with Crippen molar-refractivity contribution in [1.82, 2.24) is 0 Å². The first kappa shape index (κ1) is 9.43. The standard InChI is InChI=1S/C14H13NO/c1-16-15-13-8-4-2-6-11(13)10-12-7-3-5-9-14(12)15/h2-9H,10H2,1H3. The molecule has 0 radical (unpaired) electrons. The van der Waals surface area contributed by atoms with E-state index in [0.717, 1.165) is 17.8 Å². The molecule has 0 aliphatic carbocycles. The lowest BCUT2D eigenvalue weighted by Gasteiger charge is -2.30. The maximum Gasteiger partial charge on any atom is 0.0730 e. The first-order valence-electron chi connectivity index (χ1n) is 5.40. The van der Waals surface area contributed by atoms with Gasteiger partial charge in [0, 0.05) is 6.42 Å². The molecule has 0 saturated carbocycles. The average molecular weight is 211 g/mol. The minimum absolute atomic E-state index is 0.978. The number of hydrogen-bond acceptors (Lipinski definition) is 2. The van der Waals surface area contributed by atoms with Crippen LogP contribution in [0.3, 0.4) is 0 Å². The van der Waals surface area contributed by atoms with Crippen molar-refractivity contribution < 1.29 is 4.84 Å². The number of benzene rings is 2. The molecule has 2 heteroatoms. The summed E-state index contributed by atoms with van der Waals surface area (Å²) in [5.74, 6) is 0. The van der Waals surface area contributed by atoms with Gasteiger partial charge < -0.3 is 0 Å². The van der Waals surface area contributed by atoms with Gasteiger partial charge in [-0.2, -0.15) is 0 Å². The lowest BCUT2D eigenvalue weighted by molar-refractivity contribution is 0.199. The summed E-state index contributed by atoms with van der Waals surface area (Å²) in [4.78, 5) is 5.48. The van der Waals surface area contributed by atoms with Crippen LogP contribution in [0, 0.1) is 0 Å². The summed E-state index contributed by atoms with van der Waals surface area (Å²) in [6, 6.07) is 16.7. The average Bonchev–Trinajstić information content (AvgIpc) is 2.36. The molecule has 80 valence electrons. The summed E-state index contributed by atoms with van der Waals surface area (Å²) in [6.45, 7) is 0. The third kappa shape index (κ3) is 1.31. The van der Waals surface area contributed by atoms with Gasteiger partial charge in [-0.15, -0.1) is 0 Å². The molecule has 0 bridgehead atoms. The lowest BCUT2D eigenvalue weighted by atomic mass is 9.97. The predicted octanol–water partition coefficient (Wildman–Crippen LogP) is 3.29. The second kappa shape index (κ2) is 3.65. The van der Waals surface area contributed by atoms with Crippen molar-refractivity contribution in [2.24, 2.45) is 0 Å². The van der Waals surface area contributed by atoms with Gasteiger partial charge in [-0.25, -0.2) is 5.06 Å². The van der Waals surface area contributed by atoms with E-state index in [0.29, 0.717) is 0 Å². The van der Waals surface area contributed by atoms with Crippen molar-refractivity contribution in [3.05, 3.63) is 59.7 Å². The molecule has 0 atom stereocenters. The van der Waals surface area contributed by atoms with E-state index in [1.165, 1.54) is 11.1 Å². The number of para-hydroxylation sites is 2. The topological polar surface area (TPSA) is 12.5 Å². The third-order valence-electron chi connectivity index (χ3n) is 2.98. The Hall–Kier alpha value is -1.80. The fraction of sp³-hybridized carbons (Fsp3) is 0.143. The van der Waals surface area contributed by atoms with Crippen molar-refractivity contribution in [1.29, 1.82) is 0 Å². The van der Waals surface area contributed by atoms with E-state index in [1.807, 2.05) is 17.2 Å². The van der Waals surface area contributed by atoms with Gasteiger partial charge in [-0.05, 0) is 23.3 Å².